The van der Waals surface area contributed by atoms with Crippen LogP contribution in [0, 0.1) is 0 Å². The van der Waals surface area contributed by atoms with E-state index in [1.165, 1.54) is 0 Å². The van der Waals surface area contributed by atoms with Crippen molar-refractivity contribution in [1.82, 2.24) is 4.98 Å². The third-order valence-electron chi connectivity index (χ3n) is 2.46. The molecule has 3 nitrogen and oxygen atoms in total. The molecule has 0 aliphatic carbocycles. The summed E-state index contributed by atoms with van der Waals surface area (Å²) in [5.74, 6) is 0.122. The molecule has 1 fully saturated rings. The molecule has 2 atom stereocenters. The molecule has 0 radical (unpaired) electrons. The van der Waals surface area contributed by atoms with Crippen molar-refractivity contribution in [3.05, 3.63) is 28.5 Å². The Labute approximate surface area is 91.2 Å². The van der Waals surface area contributed by atoms with E-state index in [0.717, 1.165) is 16.6 Å². The molecule has 0 bridgehead atoms. The van der Waals surface area contributed by atoms with Crippen molar-refractivity contribution >= 4 is 15.9 Å². The second kappa shape index (κ2) is 4.38. The Balaban J connectivity index is 2.16. The highest BCUT2D eigenvalue weighted by atomic mass is 79.9. The smallest absolute Gasteiger partial charge is 0.0857 e. The maximum atomic E-state index is 9.71. The Kier molecular flexibility index (Phi) is 3.15. The number of aliphatic hydroxyl groups is 1. The first-order valence-electron chi connectivity index (χ1n) is 4.64. The number of pyridine rings is 1. The summed E-state index contributed by atoms with van der Waals surface area (Å²) in [6, 6.07) is 3.90. The fourth-order valence-corrected chi connectivity index (χ4v) is 1.91. The summed E-state index contributed by atoms with van der Waals surface area (Å²) in [6.07, 6.45) is 2.19. The van der Waals surface area contributed by atoms with E-state index < -0.39 is 6.10 Å². The van der Waals surface area contributed by atoms with Gasteiger partial charge in [0.1, 0.15) is 0 Å². The lowest BCUT2D eigenvalue weighted by atomic mass is 9.93. The van der Waals surface area contributed by atoms with Gasteiger partial charge in [-0.2, -0.15) is 0 Å². The number of halogens is 1. The Morgan fingerprint density at radius 2 is 2.36 bits per heavy atom. The van der Waals surface area contributed by atoms with Gasteiger partial charge in [-0.3, -0.25) is 4.98 Å². The minimum absolute atomic E-state index is 0.122. The van der Waals surface area contributed by atoms with Gasteiger partial charge < -0.3 is 9.84 Å². The van der Waals surface area contributed by atoms with Crippen LogP contribution in [0.5, 0.6) is 0 Å². The first-order valence-corrected chi connectivity index (χ1v) is 5.44. The highest BCUT2D eigenvalue weighted by Gasteiger charge is 2.25. The molecule has 4 heteroatoms. The second-order valence-corrected chi connectivity index (χ2v) is 4.35. The molecule has 1 aromatic rings. The van der Waals surface area contributed by atoms with Crippen LogP contribution < -0.4 is 0 Å². The molecule has 76 valence electrons. The molecular weight excluding hydrogens is 246 g/mol. The van der Waals surface area contributed by atoms with Gasteiger partial charge in [-0.05, 0) is 34.5 Å². The van der Waals surface area contributed by atoms with Crippen LogP contribution in [-0.4, -0.2) is 29.4 Å². The molecule has 1 aromatic heterocycles. The van der Waals surface area contributed by atoms with Gasteiger partial charge in [0.25, 0.3) is 0 Å². The van der Waals surface area contributed by atoms with Gasteiger partial charge >= 0.3 is 0 Å². The SMILES string of the molecule is OC1COCCC1c1ccc(Br)cn1. The first kappa shape index (κ1) is 10.1. The van der Waals surface area contributed by atoms with Crippen LogP contribution in [0.1, 0.15) is 18.0 Å². The van der Waals surface area contributed by atoms with E-state index in [2.05, 4.69) is 20.9 Å². The van der Waals surface area contributed by atoms with Gasteiger partial charge in [0.2, 0.25) is 0 Å². The lowest BCUT2D eigenvalue weighted by Crippen LogP contribution is -2.30. The third kappa shape index (κ3) is 2.13. The molecule has 2 unspecified atom stereocenters. The second-order valence-electron chi connectivity index (χ2n) is 3.44. The van der Waals surface area contributed by atoms with Crippen LogP contribution in [0.25, 0.3) is 0 Å². The summed E-state index contributed by atoms with van der Waals surface area (Å²) in [6.45, 7) is 1.13. The molecule has 2 heterocycles. The van der Waals surface area contributed by atoms with Gasteiger partial charge in [0, 0.05) is 28.9 Å². The molecular formula is C10H12BrNO2. The highest BCUT2D eigenvalue weighted by Crippen LogP contribution is 2.26. The molecule has 0 aromatic carbocycles. The number of nitrogens with zero attached hydrogens (tertiary/aromatic N) is 1. The fourth-order valence-electron chi connectivity index (χ4n) is 1.67. The number of rotatable bonds is 1. The summed E-state index contributed by atoms with van der Waals surface area (Å²) in [7, 11) is 0. The predicted octanol–water partition coefficient (Wildman–Crippen LogP) is 1.71. The van der Waals surface area contributed by atoms with E-state index in [4.69, 9.17) is 4.74 Å². The first-order chi connectivity index (χ1) is 6.77. The third-order valence-corrected chi connectivity index (χ3v) is 2.93. The van der Waals surface area contributed by atoms with Gasteiger partial charge in [0.15, 0.2) is 0 Å². The Morgan fingerprint density at radius 1 is 1.50 bits per heavy atom. The fraction of sp³-hybridized carbons (Fsp3) is 0.500. The maximum absolute atomic E-state index is 9.71. The summed E-state index contributed by atoms with van der Waals surface area (Å²) in [4.78, 5) is 4.29. The molecule has 0 amide bonds. The van der Waals surface area contributed by atoms with Crippen molar-refractivity contribution in [2.45, 2.75) is 18.4 Å². The van der Waals surface area contributed by atoms with Gasteiger partial charge in [-0.25, -0.2) is 0 Å². The summed E-state index contributed by atoms with van der Waals surface area (Å²) in [5, 5.41) is 9.71. The largest absolute Gasteiger partial charge is 0.390 e. The average Bonchev–Trinajstić information content (AvgIpc) is 2.20. The molecule has 0 saturated carbocycles. The number of aliphatic hydroxyl groups excluding tert-OH is 1. The van der Waals surface area contributed by atoms with Crippen molar-refractivity contribution < 1.29 is 9.84 Å². The lowest BCUT2D eigenvalue weighted by molar-refractivity contribution is -0.0214. The number of aromatic nitrogens is 1. The zero-order valence-electron chi connectivity index (χ0n) is 7.69. The zero-order chi connectivity index (χ0) is 9.97. The molecule has 1 aliphatic heterocycles. The number of hydrogen-bond donors (Lipinski definition) is 1. The van der Waals surface area contributed by atoms with E-state index >= 15 is 0 Å². The Morgan fingerprint density at radius 3 is 3.00 bits per heavy atom. The predicted molar refractivity (Wildman–Crippen MR) is 56.1 cm³/mol. The van der Waals surface area contributed by atoms with E-state index in [1.807, 2.05) is 12.1 Å². The summed E-state index contributed by atoms with van der Waals surface area (Å²) in [5.41, 5.74) is 0.948. The van der Waals surface area contributed by atoms with Gasteiger partial charge in [-0.15, -0.1) is 0 Å². The van der Waals surface area contributed by atoms with Crippen LogP contribution in [-0.2, 0) is 4.74 Å². The molecule has 2 rings (SSSR count). The van der Waals surface area contributed by atoms with Crippen molar-refractivity contribution in [3.8, 4) is 0 Å². The Bertz CT molecular complexity index is 301. The van der Waals surface area contributed by atoms with Crippen molar-refractivity contribution in [2.24, 2.45) is 0 Å². The molecule has 1 N–H and O–H groups in total. The zero-order valence-corrected chi connectivity index (χ0v) is 9.27. The minimum atomic E-state index is -0.419. The van der Waals surface area contributed by atoms with Crippen LogP contribution in [0.2, 0.25) is 0 Å². The summed E-state index contributed by atoms with van der Waals surface area (Å²) >= 11 is 3.33. The van der Waals surface area contributed by atoms with E-state index in [0.29, 0.717) is 13.2 Å². The van der Waals surface area contributed by atoms with Crippen LogP contribution >= 0.6 is 15.9 Å². The van der Waals surface area contributed by atoms with Crippen LogP contribution in [0.4, 0.5) is 0 Å². The minimum Gasteiger partial charge on any atom is -0.390 e. The quantitative estimate of drug-likeness (QED) is 0.833. The number of ether oxygens (including phenoxy) is 1. The van der Waals surface area contributed by atoms with E-state index in [-0.39, 0.29) is 5.92 Å². The van der Waals surface area contributed by atoms with Crippen LogP contribution in [0.3, 0.4) is 0 Å². The van der Waals surface area contributed by atoms with E-state index in [1.54, 1.807) is 6.20 Å². The standard InChI is InChI=1S/C10H12BrNO2/c11-7-1-2-9(12-5-7)8-3-4-14-6-10(8)13/h1-2,5,8,10,13H,3-4,6H2. The summed E-state index contributed by atoms with van der Waals surface area (Å²) < 4.78 is 6.13. The topological polar surface area (TPSA) is 42.4 Å². The van der Waals surface area contributed by atoms with Crippen molar-refractivity contribution in [3.63, 3.8) is 0 Å². The van der Waals surface area contributed by atoms with E-state index in [9.17, 15) is 5.11 Å². The lowest BCUT2D eigenvalue weighted by Gasteiger charge is -2.27. The molecule has 1 saturated heterocycles. The average molecular weight is 258 g/mol. The van der Waals surface area contributed by atoms with Crippen molar-refractivity contribution in [2.75, 3.05) is 13.2 Å². The highest BCUT2D eigenvalue weighted by molar-refractivity contribution is 9.10. The molecule has 14 heavy (non-hydrogen) atoms. The normalized spacial score (nSPS) is 27.6. The van der Waals surface area contributed by atoms with Gasteiger partial charge in [-0.1, -0.05) is 0 Å². The molecule has 0 spiro atoms. The molecule has 1 aliphatic rings. The monoisotopic (exact) mass is 257 g/mol. The number of hydrogen-bond acceptors (Lipinski definition) is 3. The van der Waals surface area contributed by atoms with Crippen LogP contribution in [0.15, 0.2) is 22.8 Å². The van der Waals surface area contributed by atoms with Gasteiger partial charge in [0.05, 0.1) is 12.7 Å². The Hall–Kier alpha value is -0.450. The van der Waals surface area contributed by atoms with Crippen molar-refractivity contribution in [1.29, 1.82) is 0 Å². The maximum Gasteiger partial charge on any atom is 0.0857 e.